The zero-order chi connectivity index (χ0) is 16.7. The molecule has 0 amide bonds. The Morgan fingerprint density at radius 2 is 1.36 bits per heavy atom. The normalized spacial score (nSPS) is 9.36. The van der Waals surface area contributed by atoms with Gasteiger partial charge in [0.05, 0.1) is 21.2 Å². The number of hydrogen-bond acceptors (Lipinski definition) is 4. The molecule has 0 atom stereocenters. The third kappa shape index (κ3) is 4.83. The van der Waals surface area contributed by atoms with Gasteiger partial charge in [-0.15, -0.1) is 4.91 Å². The smallest absolute Gasteiger partial charge is 0.338 e. The summed E-state index contributed by atoms with van der Waals surface area (Å²) >= 11 is 11.1. The second kappa shape index (κ2) is 8.11. The van der Waals surface area contributed by atoms with Crippen LogP contribution < -0.4 is 0 Å². The third-order valence-corrected chi connectivity index (χ3v) is 3.03. The van der Waals surface area contributed by atoms with Crippen molar-refractivity contribution in [3.05, 3.63) is 68.5 Å². The van der Waals surface area contributed by atoms with Gasteiger partial charge in [-0.3, -0.25) is 0 Å². The highest BCUT2D eigenvalue weighted by Gasteiger charge is 2.11. The van der Waals surface area contributed by atoms with Crippen molar-refractivity contribution in [2.45, 2.75) is 0 Å². The van der Waals surface area contributed by atoms with E-state index in [1.807, 2.05) is 0 Å². The number of benzene rings is 2. The predicted octanol–water partition coefficient (Wildman–Crippen LogP) is 4.47. The van der Waals surface area contributed by atoms with E-state index in [2.05, 4.69) is 5.18 Å². The van der Waals surface area contributed by atoms with Gasteiger partial charge in [-0.25, -0.2) is 9.59 Å². The number of carboxylic acid groups (broad SMARTS) is 2. The lowest BCUT2D eigenvalue weighted by molar-refractivity contribution is 0.0686. The van der Waals surface area contributed by atoms with Crippen LogP contribution in [0.3, 0.4) is 0 Å². The van der Waals surface area contributed by atoms with Crippen molar-refractivity contribution in [3.8, 4) is 0 Å². The predicted molar refractivity (Wildman–Crippen MR) is 82.3 cm³/mol. The fourth-order valence-corrected chi connectivity index (χ4v) is 1.93. The van der Waals surface area contributed by atoms with Crippen LogP contribution in [0.25, 0.3) is 0 Å². The van der Waals surface area contributed by atoms with E-state index < -0.39 is 11.9 Å². The van der Waals surface area contributed by atoms with Crippen molar-refractivity contribution < 1.29 is 19.8 Å². The maximum atomic E-state index is 10.5. The number of halogens is 2. The Labute approximate surface area is 134 Å². The molecule has 0 heterocycles. The molecule has 0 saturated carbocycles. The summed E-state index contributed by atoms with van der Waals surface area (Å²) in [5, 5.41) is 20.0. The Morgan fingerprint density at radius 3 is 1.68 bits per heavy atom. The Bertz CT molecular complexity index is 681. The maximum absolute atomic E-state index is 10.5. The first-order chi connectivity index (χ1) is 10.4. The summed E-state index contributed by atoms with van der Waals surface area (Å²) in [6, 6.07) is 9.94. The van der Waals surface area contributed by atoms with Crippen LogP contribution in [0.15, 0.2) is 47.6 Å². The van der Waals surface area contributed by atoms with Gasteiger partial charge in [-0.05, 0) is 41.6 Å². The van der Waals surface area contributed by atoms with Gasteiger partial charge in [0.2, 0.25) is 0 Å². The molecule has 0 spiro atoms. The largest absolute Gasteiger partial charge is 0.478 e. The lowest BCUT2D eigenvalue weighted by Crippen LogP contribution is -1.97. The molecule has 8 heteroatoms. The molecule has 0 aliphatic carbocycles. The topological polar surface area (TPSA) is 104 Å². The van der Waals surface area contributed by atoms with E-state index in [4.69, 9.17) is 33.4 Å². The molecule has 6 nitrogen and oxygen atoms in total. The molecule has 2 aromatic carbocycles. The van der Waals surface area contributed by atoms with Crippen molar-refractivity contribution in [1.29, 1.82) is 0 Å². The molecule has 0 bridgehead atoms. The van der Waals surface area contributed by atoms with Gasteiger partial charge >= 0.3 is 11.9 Å². The minimum absolute atomic E-state index is 0.0455. The lowest BCUT2D eigenvalue weighted by Gasteiger charge is -1.98. The average Bonchev–Trinajstić information content (AvgIpc) is 2.47. The quantitative estimate of drug-likeness (QED) is 0.801. The molecular weight excluding hydrogens is 333 g/mol. The summed E-state index contributed by atoms with van der Waals surface area (Å²) < 4.78 is 0. The van der Waals surface area contributed by atoms with Crippen molar-refractivity contribution in [2.75, 3.05) is 0 Å². The number of nitrogens with zero attached hydrogens (tertiary/aromatic N) is 1. The second-order valence-corrected chi connectivity index (χ2v) is 4.66. The number of carboxylic acids is 2. The van der Waals surface area contributed by atoms with Crippen LogP contribution in [-0.2, 0) is 0 Å². The monoisotopic (exact) mass is 341 g/mol. The summed E-state index contributed by atoms with van der Waals surface area (Å²) in [5.41, 5.74) is 0.336. The fourth-order valence-electron chi connectivity index (χ4n) is 1.37. The highest BCUT2D eigenvalue weighted by atomic mass is 35.5. The molecule has 0 saturated heterocycles. The first-order valence-corrected chi connectivity index (χ1v) is 6.46. The van der Waals surface area contributed by atoms with Crippen molar-refractivity contribution in [3.63, 3.8) is 0 Å². The Hall–Kier alpha value is -2.44. The van der Waals surface area contributed by atoms with E-state index in [1.165, 1.54) is 36.4 Å². The van der Waals surface area contributed by atoms with Gasteiger partial charge < -0.3 is 10.2 Å². The van der Waals surface area contributed by atoms with Gasteiger partial charge in [0.1, 0.15) is 5.69 Å². The van der Waals surface area contributed by atoms with Crippen LogP contribution in [0.2, 0.25) is 10.0 Å². The molecule has 2 aromatic rings. The maximum Gasteiger partial charge on any atom is 0.338 e. The minimum atomic E-state index is -1.11. The Morgan fingerprint density at radius 1 is 0.864 bits per heavy atom. The zero-order valence-corrected chi connectivity index (χ0v) is 12.4. The van der Waals surface area contributed by atoms with Crippen LogP contribution in [0.4, 0.5) is 5.69 Å². The van der Waals surface area contributed by atoms with E-state index in [0.717, 1.165) is 0 Å². The van der Waals surface area contributed by atoms with Crippen molar-refractivity contribution in [1.82, 2.24) is 0 Å². The molecule has 0 radical (unpaired) electrons. The fraction of sp³-hybridized carbons (Fsp3) is 0. The minimum Gasteiger partial charge on any atom is -0.478 e. The van der Waals surface area contributed by atoms with Gasteiger partial charge in [-0.2, -0.15) is 0 Å². The van der Waals surface area contributed by atoms with Crippen LogP contribution in [0.5, 0.6) is 0 Å². The molecular formula is C14H9Cl2NO5. The van der Waals surface area contributed by atoms with E-state index in [0.29, 0.717) is 0 Å². The SMILES string of the molecule is O=C(O)c1c(Cl)cccc1Cl.O=Nc1ccc(C(=O)O)cc1. The van der Waals surface area contributed by atoms with Gasteiger partial charge in [0.15, 0.2) is 0 Å². The number of hydrogen-bond donors (Lipinski definition) is 2. The van der Waals surface area contributed by atoms with Gasteiger partial charge in [-0.1, -0.05) is 29.3 Å². The summed E-state index contributed by atoms with van der Waals surface area (Å²) in [4.78, 5) is 30.7. The molecule has 0 fully saturated rings. The number of rotatable bonds is 3. The first-order valence-electron chi connectivity index (χ1n) is 5.70. The van der Waals surface area contributed by atoms with Crippen LogP contribution in [0, 0.1) is 4.91 Å². The molecule has 114 valence electrons. The second-order valence-electron chi connectivity index (χ2n) is 3.85. The van der Waals surface area contributed by atoms with E-state index in [-0.39, 0.29) is 26.9 Å². The zero-order valence-electron chi connectivity index (χ0n) is 10.9. The Balaban J connectivity index is 0.000000220. The van der Waals surface area contributed by atoms with Crippen LogP contribution >= 0.6 is 23.2 Å². The highest BCUT2D eigenvalue weighted by molar-refractivity contribution is 6.39. The molecule has 0 aromatic heterocycles. The molecule has 2 rings (SSSR count). The highest BCUT2D eigenvalue weighted by Crippen LogP contribution is 2.23. The molecule has 22 heavy (non-hydrogen) atoms. The van der Waals surface area contributed by atoms with E-state index >= 15 is 0 Å². The van der Waals surface area contributed by atoms with Crippen LogP contribution in [-0.4, -0.2) is 22.2 Å². The molecule has 2 N–H and O–H groups in total. The third-order valence-electron chi connectivity index (χ3n) is 2.40. The molecule has 0 unspecified atom stereocenters. The average molecular weight is 342 g/mol. The van der Waals surface area contributed by atoms with Gasteiger partial charge in [0.25, 0.3) is 0 Å². The van der Waals surface area contributed by atoms with E-state index in [1.54, 1.807) is 6.07 Å². The summed E-state index contributed by atoms with van der Waals surface area (Å²) in [6.45, 7) is 0. The molecule has 0 aliphatic rings. The number of nitroso groups, excluding NO2 is 1. The first kappa shape index (κ1) is 17.6. The summed E-state index contributed by atoms with van der Waals surface area (Å²) in [7, 11) is 0. The van der Waals surface area contributed by atoms with Crippen molar-refractivity contribution in [2.24, 2.45) is 5.18 Å². The summed E-state index contributed by atoms with van der Waals surface area (Å²) in [6.07, 6.45) is 0. The molecule has 0 aliphatic heterocycles. The number of carbonyl (C=O) groups is 2. The number of aromatic carboxylic acids is 2. The van der Waals surface area contributed by atoms with Gasteiger partial charge in [0, 0.05) is 0 Å². The Kier molecular flexibility index (Phi) is 6.49. The van der Waals surface area contributed by atoms with E-state index in [9.17, 15) is 14.5 Å². The lowest BCUT2D eigenvalue weighted by atomic mass is 10.2. The standard InChI is InChI=1S/C7H4Cl2O2.C7H5NO3/c8-4-2-1-3-5(9)6(4)7(10)11;9-7(10)5-1-3-6(8-11)4-2-5/h1-3H,(H,10,11);1-4H,(H,9,10). The van der Waals surface area contributed by atoms with Crippen LogP contribution in [0.1, 0.15) is 20.7 Å². The van der Waals surface area contributed by atoms with Crippen molar-refractivity contribution >= 4 is 40.8 Å². The summed E-state index contributed by atoms with van der Waals surface area (Å²) in [5.74, 6) is -2.12.